The molecule has 0 aromatic carbocycles. The maximum absolute atomic E-state index is 13.1. The molecule has 0 radical (unpaired) electrons. The fourth-order valence-corrected chi connectivity index (χ4v) is 7.69. The molecule has 0 aliphatic carbocycles. The number of esters is 1. The van der Waals surface area contributed by atoms with Crippen LogP contribution >= 0.6 is 0 Å². The van der Waals surface area contributed by atoms with Crippen LogP contribution in [0, 0.1) is 0 Å². The zero-order chi connectivity index (χ0) is 41.7. The molecule has 0 spiro atoms. The molecule has 0 aromatic heterocycles. The van der Waals surface area contributed by atoms with Gasteiger partial charge in [-0.1, -0.05) is 238 Å². The quantitative estimate of drug-likeness (QED) is 0.0324. The molecule has 0 aliphatic heterocycles. The first-order valence-electron chi connectivity index (χ1n) is 25.1. The Bertz CT molecular complexity index is 904. The van der Waals surface area contributed by atoms with E-state index in [0.29, 0.717) is 12.8 Å². The van der Waals surface area contributed by atoms with Gasteiger partial charge in [-0.05, 0) is 38.2 Å². The van der Waals surface area contributed by atoms with Crippen LogP contribution in [0.4, 0.5) is 0 Å². The zero-order valence-corrected chi connectivity index (χ0v) is 38.2. The van der Waals surface area contributed by atoms with Gasteiger partial charge in [0.1, 0.15) is 6.10 Å². The normalized spacial score (nSPS) is 13.4. The van der Waals surface area contributed by atoms with Crippen LogP contribution in [-0.4, -0.2) is 46.9 Å². The van der Waals surface area contributed by atoms with Crippen LogP contribution in [0.3, 0.4) is 0 Å². The third-order valence-electron chi connectivity index (χ3n) is 11.5. The van der Waals surface area contributed by atoms with Crippen LogP contribution in [0.2, 0.25) is 0 Å². The number of hydrogen-bond acceptors (Lipinski definition) is 5. The van der Waals surface area contributed by atoms with Crippen LogP contribution in [0.5, 0.6) is 0 Å². The van der Waals surface area contributed by atoms with Crippen LogP contribution in [0.1, 0.15) is 265 Å². The number of ether oxygens (including phenoxy) is 1. The van der Waals surface area contributed by atoms with E-state index in [1.807, 2.05) is 12.2 Å². The molecule has 0 rings (SSSR count). The Morgan fingerprint density at radius 2 is 0.930 bits per heavy atom. The van der Waals surface area contributed by atoms with Crippen LogP contribution in [0.15, 0.2) is 24.3 Å². The third-order valence-corrected chi connectivity index (χ3v) is 11.5. The molecule has 0 bridgehead atoms. The molecular formula is C51H97NO5. The number of unbranched alkanes of at least 4 members (excludes halogenated alkanes) is 31. The molecule has 0 saturated heterocycles. The standard InChI is InChI=1S/C51H97NO5/c1-4-7-10-13-16-19-22-24-25-26-29-32-35-38-41-44-51(56)57-47(42-39-36-33-30-27-21-18-15-12-9-6-3)45-50(55)52-48(46-53)49(54)43-40-37-34-31-28-23-20-17-14-11-8-5-2/h30,33,39,42,47-49,53-54H,4-29,31-32,34-38,40-41,43-46H2,1-3H3,(H,52,55)/b33-30-,42-39+. The Kier molecular flexibility index (Phi) is 44.1. The molecule has 3 atom stereocenters. The lowest BCUT2D eigenvalue weighted by Crippen LogP contribution is -2.46. The summed E-state index contributed by atoms with van der Waals surface area (Å²) in [7, 11) is 0. The second-order valence-corrected chi connectivity index (χ2v) is 17.2. The van der Waals surface area contributed by atoms with E-state index in [1.165, 1.54) is 173 Å². The lowest BCUT2D eigenvalue weighted by atomic mass is 10.0. The van der Waals surface area contributed by atoms with Gasteiger partial charge >= 0.3 is 5.97 Å². The maximum atomic E-state index is 13.1. The summed E-state index contributed by atoms with van der Waals surface area (Å²) in [4.78, 5) is 26.0. The van der Waals surface area contributed by atoms with E-state index in [4.69, 9.17) is 4.74 Å². The highest BCUT2D eigenvalue weighted by molar-refractivity contribution is 5.78. The summed E-state index contributed by atoms with van der Waals surface area (Å²) in [5.74, 6) is -0.590. The van der Waals surface area contributed by atoms with Gasteiger partial charge in [-0.25, -0.2) is 0 Å². The lowest BCUT2D eigenvalue weighted by molar-refractivity contribution is -0.148. The fourth-order valence-electron chi connectivity index (χ4n) is 7.69. The van der Waals surface area contributed by atoms with Crippen LogP contribution in [-0.2, 0) is 14.3 Å². The van der Waals surface area contributed by atoms with Crippen molar-refractivity contribution in [3.05, 3.63) is 24.3 Å². The molecule has 0 saturated carbocycles. The maximum Gasteiger partial charge on any atom is 0.306 e. The molecule has 0 aromatic rings. The van der Waals surface area contributed by atoms with E-state index in [1.54, 1.807) is 0 Å². The lowest BCUT2D eigenvalue weighted by Gasteiger charge is -2.23. The highest BCUT2D eigenvalue weighted by atomic mass is 16.5. The van der Waals surface area contributed by atoms with E-state index in [-0.39, 0.29) is 24.9 Å². The largest absolute Gasteiger partial charge is 0.458 e. The average Bonchev–Trinajstić information content (AvgIpc) is 3.20. The van der Waals surface area contributed by atoms with Crippen molar-refractivity contribution >= 4 is 11.9 Å². The Morgan fingerprint density at radius 3 is 1.37 bits per heavy atom. The van der Waals surface area contributed by atoms with Gasteiger partial charge in [0.15, 0.2) is 0 Å². The van der Waals surface area contributed by atoms with Gasteiger partial charge in [0.25, 0.3) is 0 Å². The summed E-state index contributed by atoms with van der Waals surface area (Å²) < 4.78 is 5.82. The first-order valence-corrected chi connectivity index (χ1v) is 25.1. The van der Waals surface area contributed by atoms with Crippen molar-refractivity contribution in [1.29, 1.82) is 0 Å². The van der Waals surface area contributed by atoms with Crippen molar-refractivity contribution < 1.29 is 24.5 Å². The van der Waals surface area contributed by atoms with E-state index < -0.39 is 18.2 Å². The Hall–Kier alpha value is -1.66. The van der Waals surface area contributed by atoms with Crippen molar-refractivity contribution in [1.82, 2.24) is 5.32 Å². The summed E-state index contributed by atoms with van der Waals surface area (Å²) in [6, 6.07) is -0.726. The summed E-state index contributed by atoms with van der Waals surface area (Å²) in [6.07, 6.45) is 51.3. The fraction of sp³-hybridized carbons (Fsp3) is 0.882. The van der Waals surface area contributed by atoms with E-state index in [2.05, 4.69) is 38.2 Å². The first-order chi connectivity index (χ1) is 28.0. The monoisotopic (exact) mass is 804 g/mol. The predicted molar refractivity (Wildman–Crippen MR) is 246 cm³/mol. The highest BCUT2D eigenvalue weighted by Crippen LogP contribution is 2.17. The number of amides is 1. The second-order valence-electron chi connectivity index (χ2n) is 17.2. The molecule has 6 heteroatoms. The number of rotatable bonds is 45. The van der Waals surface area contributed by atoms with Crippen molar-refractivity contribution in [2.75, 3.05) is 6.61 Å². The first kappa shape index (κ1) is 55.3. The third kappa shape index (κ3) is 40.9. The molecule has 0 fully saturated rings. The van der Waals surface area contributed by atoms with Gasteiger partial charge in [0, 0.05) is 6.42 Å². The van der Waals surface area contributed by atoms with Crippen LogP contribution in [0.25, 0.3) is 0 Å². The van der Waals surface area contributed by atoms with Gasteiger partial charge in [-0.2, -0.15) is 0 Å². The number of allylic oxidation sites excluding steroid dienone is 3. The van der Waals surface area contributed by atoms with E-state index >= 15 is 0 Å². The highest BCUT2D eigenvalue weighted by Gasteiger charge is 2.23. The number of hydrogen-bond donors (Lipinski definition) is 3. The van der Waals surface area contributed by atoms with Gasteiger partial charge in [0.2, 0.25) is 5.91 Å². The molecule has 1 amide bonds. The SMILES string of the molecule is CCCCCCCC/C=C\C/C=C/C(CC(=O)NC(CO)C(O)CCCCCCCCCCCCCC)OC(=O)CCCCCCCCCCCCCCCCC. The Labute approximate surface area is 354 Å². The van der Waals surface area contributed by atoms with Crippen molar-refractivity contribution in [2.45, 2.75) is 283 Å². The number of carbonyl (C=O) groups is 2. The van der Waals surface area contributed by atoms with Gasteiger partial charge in [-0.3, -0.25) is 9.59 Å². The van der Waals surface area contributed by atoms with E-state index in [9.17, 15) is 19.8 Å². The molecular weight excluding hydrogens is 707 g/mol. The summed E-state index contributed by atoms with van der Waals surface area (Å²) in [6.45, 7) is 6.45. The Balaban J connectivity index is 4.58. The number of carbonyl (C=O) groups excluding carboxylic acids is 2. The van der Waals surface area contributed by atoms with Crippen molar-refractivity contribution in [2.24, 2.45) is 0 Å². The molecule has 0 aliphatic rings. The predicted octanol–water partition coefficient (Wildman–Crippen LogP) is 14.7. The molecule has 336 valence electrons. The zero-order valence-electron chi connectivity index (χ0n) is 38.2. The minimum Gasteiger partial charge on any atom is -0.458 e. The van der Waals surface area contributed by atoms with Crippen molar-refractivity contribution in [3.8, 4) is 0 Å². The average molecular weight is 804 g/mol. The summed E-state index contributed by atoms with van der Waals surface area (Å²) >= 11 is 0. The van der Waals surface area contributed by atoms with Gasteiger partial charge in [0.05, 0.1) is 25.2 Å². The topological polar surface area (TPSA) is 95.9 Å². The Morgan fingerprint density at radius 1 is 0.526 bits per heavy atom. The summed E-state index contributed by atoms with van der Waals surface area (Å²) in [5, 5.41) is 23.6. The molecule has 6 nitrogen and oxygen atoms in total. The second kappa shape index (κ2) is 45.4. The molecule has 0 heterocycles. The number of aliphatic hydroxyl groups is 2. The molecule has 3 unspecified atom stereocenters. The minimum atomic E-state index is -0.805. The number of nitrogens with one attached hydrogen (secondary N) is 1. The van der Waals surface area contributed by atoms with Crippen molar-refractivity contribution in [3.63, 3.8) is 0 Å². The smallest absolute Gasteiger partial charge is 0.306 e. The summed E-state index contributed by atoms with van der Waals surface area (Å²) in [5.41, 5.74) is 0. The van der Waals surface area contributed by atoms with Crippen LogP contribution < -0.4 is 5.32 Å². The molecule has 3 N–H and O–H groups in total. The number of aliphatic hydroxyl groups excluding tert-OH is 2. The van der Waals surface area contributed by atoms with Gasteiger partial charge in [-0.15, -0.1) is 0 Å². The minimum absolute atomic E-state index is 0.0234. The van der Waals surface area contributed by atoms with E-state index in [0.717, 1.165) is 51.4 Å². The molecule has 57 heavy (non-hydrogen) atoms. The van der Waals surface area contributed by atoms with Gasteiger partial charge < -0.3 is 20.3 Å².